The van der Waals surface area contributed by atoms with Gasteiger partial charge in [0.15, 0.2) is 0 Å². The molecule has 0 heterocycles. The van der Waals surface area contributed by atoms with Crippen LogP contribution in [0.15, 0.2) is 54.6 Å². The van der Waals surface area contributed by atoms with Gasteiger partial charge in [0.25, 0.3) is 0 Å². The normalized spacial score (nSPS) is 11.6. The second-order valence-electron chi connectivity index (χ2n) is 6.36. The number of nitrogens with zero attached hydrogens (tertiary/aromatic N) is 1. The van der Waals surface area contributed by atoms with Crippen LogP contribution in [0, 0.1) is 0 Å². The van der Waals surface area contributed by atoms with Crippen LogP contribution in [0.2, 0.25) is 0 Å². The molecule has 0 aliphatic rings. The van der Waals surface area contributed by atoms with Gasteiger partial charge in [0.05, 0.1) is 6.54 Å². The maximum atomic E-state index is 12.6. The molecule has 0 aromatic heterocycles. The maximum absolute atomic E-state index is 12.6. The summed E-state index contributed by atoms with van der Waals surface area (Å²) >= 11 is 0. The molecular weight excluding hydrogens is 356 g/mol. The highest BCUT2D eigenvalue weighted by Gasteiger charge is 2.27. The number of imide groups is 1. The molecule has 4 amide bonds. The summed E-state index contributed by atoms with van der Waals surface area (Å²) in [6, 6.07) is 15.2. The molecule has 0 aliphatic carbocycles. The highest BCUT2D eigenvalue weighted by atomic mass is 16.2. The van der Waals surface area contributed by atoms with Crippen molar-refractivity contribution in [1.82, 2.24) is 15.5 Å². The van der Waals surface area contributed by atoms with Crippen LogP contribution in [0.1, 0.15) is 24.1 Å². The molecule has 2 rings (SSSR count). The van der Waals surface area contributed by atoms with Crippen LogP contribution in [0.4, 0.5) is 10.5 Å². The first-order valence-electron chi connectivity index (χ1n) is 9.11. The lowest BCUT2D eigenvalue weighted by molar-refractivity contribution is -0.126. The van der Waals surface area contributed by atoms with Crippen LogP contribution in [-0.4, -0.2) is 43.4 Å². The number of likely N-dealkylation sites (N-methyl/N-ethyl adjacent to an activating group) is 1. The van der Waals surface area contributed by atoms with Gasteiger partial charge in [0.1, 0.15) is 6.04 Å². The lowest BCUT2D eigenvalue weighted by Crippen LogP contribution is -2.46. The summed E-state index contributed by atoms with van der Waals surface area (Å²) in [5.74, 6) is -0.744. The van der Waals surface area contributed by atoms with E-state index in [1.807, 2.05) is 37.3 Å². The summed E-state index contributed by atoms with van der Waals surface area (Å²) < 4.78 is 0. The largest absolute Gasteiger partial charge is 0.341 e. The van der Waals surface area contributed by atoms with Gasteiger partial charge in [-0.25, -0.2) is 4.79 Å². The number of amides is 4. The van der Waals surface area contributed by atoms with Crippen molar-refractivity contribution in [3.8, 4) is 0 Å². The van der Waals surface area contributed by atoms with E-state index in [-0.39, 0.29) is 12.5 Å². The Balaban J connectivity index is 2.15. The first-order valence-corrected chi connectivity index (χ1v) is 9.11. The molecule has 0 radical (unpaired) electrons. The molecule has 2 aromatic carbocycles. The van der Waals surface area contributed by atoms with E-state index >= 15 is 0 Å². The average Bonchev–Trinajstić information content (AvgIpc) is 2.69. The number of hydrogen-bond donors (Lipinski definition) is 3. The smallest absolute Gasteiger partial charge is 0.321 e. The fourth-order valence-electron chi connectivity index (χ4n) is 2.94. The van der Waals surface area contributed by atoms with Crippen molar-refractivity contribution in [2.75, 3.05) is 26.0 Å². The van der Waals surface area contributed by atoms with Crippen LogP contribution in [0.5, 0.6) is 0 Å². The molecule has 1 atom stereocenters. The number of anilines is 1. The zero-order chi connectivity index (χ0) is 20.5. The predicted molar refractivity (Wildman–Crippen MR) is 109 cm³/mol. The zero-order valence-electron chi connectivity index (χ0n) is 16.4. The third kappa shape index (κ3) is 5.65. The Kier molecular flexibility index (Phi) is 7.71. The van der Waals surface area contributed by atoms with E-state index in [1.165, 1.54) is 7.05 Å². The Bertz CT molecular complexity index is 823. The van der Waals surface area contributed by atoms with Crippen molar-refractivity contribution in [2.45, 2.75) is 19.4 Å². The van der Waals surface area contributed by atoms with E-state index < -0.39 is 18.0 Å². The third-order valence-corrected chi connectivity index (χ3v) is 4.33. The minimum Gasteiger partial charge on any atom is -0.341 e. The number of nitrogens with one attached hydrogen (secondary N) is 3. The average molecular weight is 382 g/mol. The summed E-state index contributed by atoms with van der Waals surface area (Å²) in [6.07, 6.45) is 0.799. The van der Waals surface area contributed by atoms with Crippen LogP contribution in [0.3, 0.4) is 0 Å². The minimum absolute atomic E-state index is 0.0151. The van der Waals surface area contributed by atoms with Gasteiger partial charge in [-0.2, -0.15) is 0 Å². The second kappa shape index (κ2) is 10.2. The number of benzene rings is 2. The van der Waals surface area contributed by atoms with Crippen molar-refractivity contribution >= 4 is 23.5 Å². The summed E-state index contributed by atoms with van der Waals surface area (Å²) in [5, 5.41) is 7.54. The molecule has 0 fully saturated rings. The fourth-order valence-corrected chi connectivity index (χ4v) is 2.94. The van der Waals surface area contributed by atoms with E-state index in [2.05, 4.69) is 16.0 Å². The quantitative estimate of drug-likeness (QED) is 0.685. The van der Waals surface area contributed by atoms with Crippen molar-refractivity contribution in [3.63, 3.8) is 0 Å². The number of carbonyl (C=O) groups excluding carboxylic acids is 3. The van der Waals surface area contributed by atoms with Crippen molar-refractivity contribution in [3.05, 3.63) is 65.7 Å². The molecule has 1 unspecified atom stereocenters. The van der Waals surface area contributed by atoms with Gasteiger partial charge in [-0.1, -0.05) is 55.5 Å². The third-order valence-electron chi connectivity index (χ3n) is 4.33. The standard InChI is InChI=1S/C21H26N4O3/c1-4-15-10-8-9-13-17(15)23-18(26)14-25(3)19(16-11-6-5-7-12-16)20(27)24-21(28)22-2/h5-13,19H,4,14H2,1-3H3,(H,23,26)(H2,22,24,27,28). The number of aryl methyl sites for hydroxylation is 1. The molecule has 7 nitrogen and oxygen atoms in total. The molecule has 3 N–H and O–H groups in total. The number of rotatable bonds is 7. The molecule has 0 saturated heterocycles. The number of para-hydroxylation sites is 1. The van der Waals surface area contributed by atoms with E-state index in [4.69, 9.17) is 0 Å². The van der Waals surface area contributed by atoms with Crippen molar-refractivity contribution in [2.24, 2.45) is 0 Å². The van der Waals surface area contributed by atoms with Gasteiger partial charge in [0, 0.05) is 12.7 Å². The maximum Gasteiger partial charge on any atom is 0.321 e. The van der Waals surface area contributed by atoms with Gasteiger partial charge < -0.3 is 10.6 Å². The second-order valence-corrected chi connectivity index (χ2v) is 6.36. The topological polar surface area (TPSA) is 90.5 Å². The summed E-state index contributed by atoms with van der Waals surface area (Å²) in [7, 11) is 3.11. The van der Waals surface area contributed by atoms with Gasteiger partial charge >= 0.3 is 6.03 Å². The summed E-state index contributed by atoms with van der Waals surface area (Å²) in [4.78, 5) is 38.4. The molecule has 28 heavy (non-hydrogen) atoms. The van der Waals surface area contributed by atoms with Gasteiger partial charge in [-0.05, 0) is 30.7 Å². The molecule has 0 bridgehead atoms. The van der Waals surface area contributed by atoms with Crippen LogP contribution in [-0.2, 0) is 16.0 Å². The van der Waals surface area contributed by atoms with E-state index in [0.29, 0.717) is 5.56 Å². The zero-order valence-corrected chi connectivity index (χ0v) is 16.4. The highest BCUT2D eigenvalue weighted by molar-refractivity contribution is 5.98. The Morgan fingerprint density at radius 2 is 1.64 bits per heavy atom. The Morgan fingerprint density at radius 1 is 1.00 bits per heavy atom. The monoisotopic (exact) mass is 382 g/mol. The lowest BCUT2D eigenvalue weighted by Gasteiger charge is -2.26. The lowest BCUT2D eigenvalue weighted by atomic mass is 10.0. The van der Waals surface area contributed by atoms with Crippen molar-refractivity contribution in [1.29, 1.82) is 0 Å². The predicted octanol–water partition coefficient (Wildman–Crippen LogP) is 2.32. The first kappa shape index (κ1) is 21.1. The van der Waals surface area contributed by atoms with Gasteiger partial charge in [-0.15, -0.1) is 0 Å². The number of hydrogen-bond acceptors (Lipinski definition) is 4. The molecular formula is C21H26N4O3. The van der Waals surface area contributed by atoms with E-state index in [9.17, 15) is 14.4 Å². The van der Waals surface area contributed by atoms with Gasteiger partial charge in [0.2, 0.25) is 11.8 Å². The summed E-state index contributed by atoms with van der Waals surface area (Å²) in [6.45, 7) is 2.00. The van der Waals surface area contributed by atoms with Gasteiger partial charge in [-0.3, -0.25) is 19.8 Å². The number of urea groups is 1. The van der Waals surface area contributed by atoms with Crippen LogP contribution >= 0.6 is 0 Å². The molecule has 2 aromatic rings. The first-order chi connectivity index (χ1) is 13.5. The van der Waals surface area contributed by atoms with E-state index in [0.717, 1.165) is 17.7 Å². The highest BCUT2D eigenvalue weighted by Crippen LogP contribution is 2.20. The number of carbonyl (C=O) groups is 3. The van der Waals surface area contributed by atoms with Crippen LogP contribution < -0.4 is 16.0 Å². The molecule has 148 valence electrons. The Labute approximate surface area is 165 Å². The molecule has 0 aliphatic heterocycles. The fraction of sp³-hybridized carbons (Fsp3) is 0.286. The Morgan fingerprint density at radius 3 is 2.29 bits per heavy atom. The minimum atomic E-state index is -0.786. The van der Waals surface area contributed by atoms with Crippen LogP contribution in [0.25, 0.3) is 0 Å². The SMILES string of the molecule is CCc1ccccc1NC(=O)CN(C)C(C(=O)NC(=O)NC)c1ccccc1. The summed E-state index contributed by atoms with van der Waals surface area (Å²) in [5.41, 5.74) is 2.48. The molecule has 0 spiro atoms. The molecule has 7 heteroatoms. The van der Waals surface area contributed by atoms with E-state index in [1.54, 1.807) is 36.2 Å². The molecule has 0 saturated carbocycles. The van der Waals surface area contributed by atoms with Crippen molar-refractivity contribution < 1.29 is 14.4 Å². The Hall–Kier alpha value is -3.19.